The number of para-hydroxylation sites is 2. The van der Waals surface area contributed by atoms with Crippen LogP contribution in [-0.4, -0.2) is 15.5 Å². The second-order valence-corrected chi connectivity index (χ2v) is 5.99. The number of nitrogens with one attached hydrogen (secondary N) is 2. The summed E-state index contributed by atoms with van der Waals surface area (Å²) >= 11 is 0. The van der Waals surface area contributed by atoms with Gasteiger partial charge >= 0.3 is 0 Å². The van der Waals surface area contributed by atoms with Crippen LogP contribution in [0.15, 0.2) is 48.5 Å². The molecule has 0 aliphatic rings. The van der Waals surface area contributed by atoms with Crippen LogP contribution in [0.5, 0.6) is 0 Å². The Kier molecular flexibility index (Phi) is 4.62. The summed E-state index contributed by atoms with van der Waals surface area (Å²) in [6.07, 6.45) is 0. The maximum Gasteiger partial charge on any atom is 0.221 e. The Morgan fingerprint density at radius 1 is 1.21 bits per heavy atom. The molecular weight excluding hydrogens is 300 g/mol. The molecular formula is C19H22N4O. The van der Waals surface area contributed by atoms with Crippen molar-refractivity contribution < 1.29 is 4.79 Å². The number of carbonyl (C=O) groups is 1. The molecule has 0 bridgehead atoms. The van der Waals surface area contributed by atoms with E-state index in [2.05, 4.69) is 39.2 Å². The molecule has 0 fully saturated rings. The smallest absolute Gasteiger partial charge is 0.221 e. The highest BCUT2D eigenvalue weighted by Crippen LogP contribution is 2.19. The van der Waals surface area contributed by atoms with Gasteiger partial charge < -0.3 is 15.2 Å². The van der Waals surface area contributed by atoms with Gasteiger partial charge in [-0.05, 0) is 36.8 Å². The van der Waals surface area contributed by atoms with Crippen molar-refractivity contribution >= 4 is 22.6 Å². The van der Waals surface area contributed by atoms with Gasteiger partial charge in [-0.1, -0.05) is 24.3 Å². The van der Waals surface area contributed by atoms with Gasteiger partial charge in [0.05, 0.1) is 17.6 Å². The maximum absolute atomic E-state index is 11.2. The summed E-state index contributed by atoms with van der Waals surface area (Å²) in [6.45, 7) is 4.30. The Bertz CT molecular complexity index is 869. The minimum absolute atomic E-state index is 0.0625. The molecule has 2 N–H and O–H groups in total. The van der Waals surface area contributed by atoms with Gasteiger partial charge in [0.25, 0.3) is 0 Å². The van der Waals surface area contributed by atoms with E-state index in [-0.39, 0.29) is 11.9 Å². The van der Waals surface area contributed by atoms with E-state index >= 15 is 0 Å². The molecule has 5 heteroatoms. The standard InChI is InChI=1S/C19H22N4O/c1-13(15-7-6-8-16(11-15)21-14(2)24)20-12-19-22-17-9-4-5-10-18(17)23(19)3/h4-11,13,20H,12H2,1-3H3,(H,21,24)/t13-/m1/s1. The van der Waals surface area contributed by atoms with Crippen molar-refractivity contribution in [2.45, 2.75) is 26.4 Å². The fourth-order valence-corrected chi connectivity index (χ4v) is 2.80. The van der Waals surface area contributed by atoms with Crippen molar-refractivity contribution in [3.05, 3.63) is 59.9 Å². The SMILES string of the molecule is CC(=O)Nc1cccc([C@@H](C)NCc2nc3ccccc3n2C)c1. The van der Waals surface area contributed by atoms with Crippen molar-refractivity contribution in [3.63, 3.8) is 0 Å². The van der Waals surface area contributed by atoms with E-state index in [1.165, 1.54) is 6.92 Å². The number of rotatable bonds is 5. The van der Waals surface area contributed by atoms with Crippen LogP contribution in [0.3, 0.4) is 0 Å². The lowest BCUT2D eigenvalue weighted by atomic mass is 10.1. The first-order chi connectivity index (χ1) is 11.5. The lowest BCUT2D eigenvalue weighted by molar-refractivity contribution is -0.114. The van der Waals surface area contributed by atoms with E-state index in [1.54, 1.807) is 0 Å². The fourth-order valence-electron chi connectivity index (χ4n) is 2.80. The minimum atomic E-state index is -0.0625. The van der Waals surface area contributed by atoms with Gasteiger partial charge in [-0.25, -0.2) is 4.98 Å². The summed E-state index contributed by atoms with van der Waals surface area (Å²) in [5.41, 5.74) is 4.09. The average molecular weight is 322 g/mol. The molecule has 1 amide bonds. The third kappa shape index (κ3) is 3.46. The van der Waals surface area contributed by atoms with Crippen LogP contribution < -0.4 is 10.6 Å². The second kappa shape index (κ2) is 6.84. The number of fused-ring (bicyclic) bond motifs is 1. The molecule has 24 heavy (non-hydrogen) atoms. The predicted molar refractivity (Wildman–Crippen MR) is 96.7 cm³/mol. The average Bonchev–Trinajstić information content (AvgIpc) is 2.89. The zero-order valence-corrected chi connectivity index (χ0v) is 14.2. The Balaban J connectivity index is 1.71. The molecule has 3 aromatic rings. The Hall–Kier alpha value is -2.66. The summed E-state index contributed by atoms with van der Waals surface area (Å²) < 4.78 is 2.11. The molecule has 124 valence electrons. The zero-order valence-electron chi connectivity index (χ0n) is 14.2. The number of aromatic nitrogens is 2. The van der Waals surface area contributed by atoms with Crippen molar-refractivity contribution in [2.75, 3.05) is 5.32 Å². The van der Waals surface area contributed by atoms with Gasteiger partial charge in [0.1, 0.15) is 5.82 Å². The number of nitrogens with zero attached hydrogens (tertiary/aromatic N) is 2. The first-order valence-corrected chi connectivity index (χ1v) is 8.06. The number of carbonyl (C=O) groups excluding carboxylic acids is 1. The van der Waals surface area contributed by atoms with E-state index in [9.17, 15) is 4.79 Å². The molecule has 0 spiro atoms. The van der Waals surface area contributed by atoms with Crippen molar-refractivity contribution in [3.8, 4) is 0 Å². The quantitative estimate of drug-likeness (QED) is 0.757. The number of hydrogen-bond donors (Lipinski definition) is 2. The molecule has 1 atom stereocenters. The third-order valence-corrected chi connectivity index (χ3v) is 4.15. The van der Waals surface area contributed by atoms with Gasteiger partial charge in [-0.15, -0.1) is 0 Å². The molecule has 0 unspecified atom stereocenters. The lowest BCUT2D eigenvalue weighted by Crippen LogP contribution is -2.20. The van der Waals surface area contributed by atoms with Gasteiger partial charge in [0.15, 0.2) is 0 Å². The maximum atomic E-state index is 11.2. The van der Waals surface area contributed by atoms with Crippen LogP contribution in [0.1, 0.15) is 31.3 Å². The van der Waals surface area contributed by atoms with E-state index in [0.29, 0.717) is 6.54 Å². The number of benzene rings is 2. The molecule has 1 heterocycles. The number of hydrogen-bond acceptors (Lipinski definition) is 3. The lowest BCUT2D eigenvalue weighted by Gasteiger charge is -2.15. The van der Waals surface area contributed by atoms with Gasteiger partial charge in [-0.2, -0.15) is 0 Å². The van der Waals surface area contributed by atoms with Crippen LogP contribution in [0.4, 0.5) is 5.69 Å². The largest absolute Gasteiger partial charge is 0.330 e. The highest BCUT2D eigenvalue weighted by molar-refractivity contribution is 5.88. The first-order valence-electron chi connectivity index (χ1n) is 8.06. The Morgan fingerprint density at radius 2 is 2.00 bits per heavy atom. The summed E-state index contributed by atoms with van der Waals surface area (Å²) in [5, 5.41) is 6.32. The van der Waals surface area contributed by atoms with Crippen molar-refractivity contribution in [1.29, 1.82) is 0 Å². The van der Waals surface area contributed by atoms with Crippen molar-refractivity contribution in [1.82, 2.24) is 14.9 Å². The van der Waals surface area contributed by atoms with E-state index in [1.807, 2.05) is 43.4 Å². The topological polar surface area (TPSA) is 59.0 Å². The third-order valence-electron chi connectivity index (χ3n) is 4.15. The Labute approximate surface area is 141 Å². The van der Waals surface area contributed by atoms with Crippen molar-refractivity contribution in [2.24, 2.45) is 7.05 Å². The second-order valence-electron chi connectivity index (χ2n) is 5.99. The molecule has 2 aromatic carbocycles. The predicted octanol–water partition coefficient (Wildman–Crippen LogP) is 3.38. The monoisotopic (exact) mass is 322 g/mol. The summed E-state index contributed by atoms with van der Waals surface area (Å²) in [7, 11) is 2.04. The molecule has 0 radical (unpaired) electrons. The molecule has 1 aromatic heterocycles. The van der Waals surface area contributed by atoms with E-state index in [4.69, 9.17) is 0 Å². The number of amides is 1. The molecule has 0 aliphatic carbocycles. The van der Waals surface area contributed by atoms with Crippen LogP contribution in [-0.2, 0) is 18.4 Å². The summed E-state index contributed by atoms with van der Waals surface area (Å²) in [4.78, 5) is 15.9. The van der Waals surface area contributed by atoms with Gasteiger partial charge in [-0.3, -0.25) is 4.79 Å². The summed E-state index contributed by atoms with van der Waals surface area (Å²) in [5.74, 6) is 0.938. The summed E-state index contributed by atoms with van der Waals surface area (Å²) in [6, 6.07) is 16.2. The highest BCUT2D eigenvalue weighted by Gasteiger charge is 2.10. The number of aryl methyl sites for hydroxylation is 1. The van der Waals surface area contributed by atoms with E-state index in [0.717, 1.165) is 28.1 Å². The normalized spacial score (nSPS) is 12.3. The number of anilines is 1. The van der Waals surface area contributed by atoms with Gasteiger partial charge in [0, 0.05) is 25.7 Å². The molecule has 0 saturated carbocycles. The first kappa shape index (κ1) is 16.2. The molecule has 0 saturated heterocycles. The number of imidazole rings is 1. The molecule has 0 aliphatic heterocycles. The van der Waals surface area contributed by atoms with Crippen LogP contribution >= 0.6 is 0 Å². The fraction of sp³-hybridized carbons (Fsp3) is 0.263. The Morgan fingerprint density at radius 3 is 2.75 bits per heavy atom. The highest BCUT2D eigenvalue weighted by atomic mass is 16.1. The minimum Gasteiger partial charge on any atom is -0.330 e. The molecule has 3 rings (SSSR count). The molecule has 5 nitrogen and oxygen atoms in total. The zero-order chi connectivity index (χ0) is 17.1. The van der Waals surface area contributed by atoms with Crippen LogP contribution in [0, 0.1) is 0 Å². The van der Waals surface area contributed by atoms with Gasteiger partial charge in [0.2, 0.25) is 5.91 Å². The van der Waals surface area contributed by atoms with E-state index < -0.39 is 0 Å². The van der Waals surface area contributed by atoms with Crippen LogP contribution in [0.25, 0.3) is 11.0 Å². The van der Waals surface area contributed by atoms with Crippen LogP contribution in [0.2, 0.25) is 0 Å².